The summed E-state index contributed by atoms with van der Waals surface area (Å²) in [6.45, 7) is 0. The van der Waals surface area contributed by atoms with Gasteiger partial charge in [-0.25, -0.2) is 0 Å². The fraction of sp³-hybridized carbons (Fsp3) is 1.00. The fourth-order valence-corrected chi connectivity index (χ4v) is 0. The number of nitrogens with one attached hydrogen (secondary N) is 1. The molecule has 0 saturated carbocycles. The zero-order chi connectivity index (χ0) is 3.58. The van der Waals surface area contributed by atoms with Crippen LogP contribution in [0, 0.1) is 4.78 Å². The highest BCUT2D eigenvalue weighted by Crippen LogP contribution is 1.74. The molecule has 0 aromatic rings. The molecule has 0 aromatic heterocycles. The Morgan fingerprint density at radius 3 is 2.00 bits per heavy atom. The molecule has 0 fully saturated rings. The van der Waals surface area contributed by atoms with E-state index in [0.29, 0.717) is 0 Å². The topological polar surface area (TPSA) is 23.9 Å². The molecule has 0 rings (SSSR count). The van der Waals surface area contributed by atoms with Gasteiger partial charge in [0.2, 0.25) is 0 Å². The van der Waals surface area contributed by atoms with Crippen LogP contribution >= 0.6 is 11.7 Å². The van der Waals surface area contributed by atoms with Gasteiger partial charge in [0.15, 0.2) is 0 Å². The van der Waals surface area contributed by atoms with E-state index in [4.69, 9.17) is 4.78 Å². The summed E-state index contributed by atoms with van der Waals surface area (Å²) >= 11 is 3.66. The second kappa shape index (κ2) is 1.79. The molecule has 0 bridgehead atoms. The average molecular weight is 95.2 g/mol. The molecule has 0 spiro atoms. The van der Waals surface area contributed by atoms with E-state index < -0.39 is 9.72 Å². The number of hydrogen-bond donors (Lipinski definition) is 2. The maximum absolute atomic E-state index is 6.48. The third kappa shape index (κ3) is 22.5. The Bertz CT molecular complexity index is 29.0. The average Bonchev–Trinajstić information content (AvgIpc) is 0.811. The van der Waals surface area contributed by atoms with Crippen LogP contribution in [0.1, 0.15) is 0 Å². The molecule has 26 valence electrons. The van der Waals surface area contributed by atoms with Crippen molar-refractivity contribution in [3.8, 4) is 0 Å². The third-order valence-electron chi connectivity index (χ3n) is 0. The van der Waals surface area contributed by atoms with Gasteiger partial charge < -0.3 is 0 Å². The summed E-state index contributed by atoms with van der Waals surface area (Å²) in [4.78, 5) is 0. The molecule has 0 aliphatic rings. The van der Waals surface area contributed by atoms with E-state index in [1.807, 2.05) is 0 Å². The van der Waals surface area contributed by atoms with E-state index in [9.17, 15) is 0 Å². The van der Waals surface area contributed by atoms with Gasteiger partial charge >= 0.3 is 0 Å². The lowest BCUT2D eigenvalue weighted by Crippen LogP contribution is -1.53. The van der Waals surface area contributed by atoms with Crippen molar-refractivity contribution in [3.63, 3.8) is 0 Å². The van der Waals surface area contributed by atoms with Crippen molar-refractivity contribution in [2.24, 2.45) is 0 Å². The van der Waals surface area contributed by atoms with Gasteiger partial charge in [0.05, 0.1) is 0 Å². The smallest absolute Gasteiger partial charge is 0.00196 e. The lowest BCUT2D eigenvalue weighted by Gasteiger charge is -1.66. The Balaban J connectivity index is 2.80. The quantitative estimate of drug-likeness (QED) is 0.329. The van der Waals surface area contributed by atoms with Crippen LogP contribution in [-0.4, -0.2) is 6.26 Å². The first-order valence-electron chi connectivity index (χ1n) is 0.795. The molecule has 3 heteroatoms. The highest BCUT2D eigenvalue weighted by molar-refractivity contribution is 8.60. The summed E-state index contributed by atoms with van der Waals surface area (Å²) in [5.41, 5.74) is 0. The van der Waals surface area contributed by atoms with Crippen molar-refractivity contribution in [3.05, 3.63) is 0 Å². The van der Waals surface area contributed by atoms with Gasteiger partial charge in [0.25, 0.3) is 0 Å². The van der Waals surface area contributed by atoms with Crippen molar-refractivity contribution >= 4 is 21.4 Å². The van der Waals surface area contributed by atoms with Crippen molar-refractivity contribution in [1.29, 1.82) is 4.78 Å². The molecule has 0 aromatic carbocycles. The first-order valence-corrected chi connectivity index (χ1v) is 3.48. The molecule has 0 heterocycles. The maximum Gasteiger partial charge on any atom is 0.00196 e. The lowest BCUT2D eigenvalue weighted by molar-refractivity contribution is 1.65. The van der Waals surface area contributed by atoms with Crippen molar-refractivity contribution in [2.45, 2.75) is 0 Å². The van der Waals surface area contributed by atoms with E-state index in [1.165, 1.54) is 0 Å². The molecular weight excluding hydrogens is 90.2 g/mol. The zero-order valence-corrected chi connectivity index (χ0v) is 4.07. The van der Waals surface area contributed by atoms with Gasteiger partial charge in [-0.3, -0.25) is 4.78 Å². The van der Waals surface area contributed by atoms with Crippen molar-refractivity contribution < 1.29 is 0 Å². The van der Waals surface area contributed by atoms with Crippen LogP contribution in [0.15, 0.2) is 0 Å². The summed E-state index contributed by atoms with van der Waals surface area (Å²) in [7, 11) is -0.417. The summed E-state index contributed by atoms with van der Waals surface area (Å²) in [5.74, 6) is 0. The van der Waals surface area contributed by atoms with E-state index >= 15 is 0 Å². The van der Waals surface area contributed by atoms with Gasteiger partial charge in [-0.05, 0) is 0 Å². The largest absolute Gasteiger partial charge is 0.270 e. The Morgan fingerprint density at radius 2 is 2.00 bits per heavy atom. The molecule has 0 aliphatic carbocycles. The second-order valence-electron chi connectivity index (χ2n) is 0.478. The van der Waals surface area contributed by atoms with Gasteiger partial charge in [0.1, 0.15) is 0 Å². The van der Waals surface area contributed by atoms with E-state index in [1.54, 1.807) is 6.26 Å². The lowest BCUT2D eigenvalue weighted by atomic mass is 12.0. The highest BCUT2D eigenvalue weighted by Gasteiger charge is 1.51. The van der Waals surface area contributed by atoms with Gasteiger partial charge in [0, 0.05) is 6.26 Å². The minimum absolute atomic E-state index is 0.417. The molecular formula is CH5NS2. The van der Waals surface area contributed by atoms with Gasteiger partial charge in [-0.1, -0.05) is 9.72 Å². The Kier molecular flexibility index (Phi) is 2.01. The van der Waals surface area contributed by atoms with Crippen LogP contribution < -0.4 is 0 Å². The minimum Gasteiger partial charge on any atom is -0.270 e. The summed E-state index contributed by atoms with van der Waals surface area (Å²) in [6.07, 6.45) is 1.73. The molecule has 1 unspecified atom stereocenters. The van der Waals surface area contributed by atoms with Crippen LogP contribution in [0.5, 0.6) is 0 Å². The Morgan fingerprint density at radius 1 is 2.00 bits per heavy atom. The van der Waals surface area contributed by atoms with Crippen LogP contribution in [0.25, 0.3) is 0 Å². The molecule has 0 amide bonds. The third-order valence-corrected chi connectivity index (χ3v) is 0. The maximum atomic E-state index is 6.48. The molecule has 0 aliphatic heterocycles. The summed E-state index contributed by atoms with van der Waals surface area (Å²) in [6, 6.07) is 0. The van der Waals surface area contributed by atoms with Crippen molar-refractivity contribution in [2.75, 3.05) is 6.26 Å². The number of hydrogen-bond acceptors (Lipinski definition) is 1. The molecule has 0 saturated heterocycles. The molecule has 1 N–H and O–H groups in total. The Labute approximate surface area is 33.1 Å². The minimum atomic E-state index is -0.417. The van der Waals surface area contributed by atoms with Crippen LogP contribution in [0.2, 0.25) is 0 Å². The fourth-order valence-electron chi connectivity index (χ4n) is 0. The molecule has 1 atom stereocenters. The van der Waals surface area contributed by atoms with Gasteiger partial charge in [-0.2, -0.15) is 0 Å². The normalized spacial score (nSPS) is 15.5. The molecule has 0 radical (unpaired) electrons. The molecule has 4 heavy (non-hydrogen) atoms. The van der Waals surface area contributed by atoms with Crippen LogP contribution in [0.3, 0.4) is 0 Å². The molecule has 1 nitrogen and oxygen atoms in total. The number of thiol groups is 1. The zero-order valence-electron chi connectivity index (χ0n) is 2.36. The van der Waals surface area contributed by atoms with Crippen molar-refractivity contribution in [1.82, 2.24) is 0 Å². The second-order valence-corrected chi connectivity index (χ2v) is 3.08. The van der Waals surface area contributed by atoms with E-state index in [2.05, 4.69) is 11.7 Å². The predicted octanol–water partition coefficient (Wildman–Crippen LogP) is 0.842. The first kappa shape index (κ1) is 4.50. The number of rotatable bonds is 0. The van der Waals surface area contributed by atoms with Crippen LogP contribution in [-0.2, 0) is 9.72 Å². The predicted molar refractivity (Wildman–Crippen MR) is 25.0 cm³/mol. The SMILES string of the molecule is CS(=N)S. The summed E-state index contributed by atoms with van der Waals surface area (Å²) in [5, 5.41) is 0. The first-order chi connectivity index (χ1) is 1.73. The monoisotopic (exact) mass is 95.0 g/mol. The van der Waals surface area contributed by atoms with E-state index in [0.717, 1.165) is 0 Å². The highest BCUT2D eigenvalue weighted by atomic mass is 33.1. The Hall–Kier alpha value is 0.500. The van der Waals surface area contributed by atoms with Crippen LogP contribution in [0.4, 0.5) is 0 Å². The van der Waals surface area contributed by atoms with Gasteiger partial charge in [-0.15, -0.1) is 11.7 Å². The van der Waals surface area contributed by atoms with E-state index in [-0.39, 0.29) is 0 Å². The standard InChI is InChI=1S/CH5NS2/c1-4(2)3/h1H3,(H2,2,3). The summed E-state index contributed by atoms with van der Waals surface area (Å²) < 4.78 is 6.48.